The van der Waals surface area contributed by atoms with Crippen LogP contribution in [0, 0.1) is 0 Å². The van der Waals surface area contributed by atoms with Gasteiger partial charge >= 0.3 is 0 Å². The highest BCUT2D eigenvalue weighted by molar-refractivity contribution is 6.30. The van der Waals surface area contributed by atoms with Crippen LogP contribution in [0.3, 0.4) is 0 Å². The predicted octanol–water partition coefficient (Wildman–Crippen LogP) is 3.43. The number of halogens is 1. The molecule has 0 spiro atoms. The van der Waals surface area contributed by atoms with Crippen LogP contribution in [0.2, 0.25) is 5.02 Å². The number of hydrogen-bond donors (Lipinski definition) is 1. The van der Waals surface area contributed by atoms with Crippen LogP contribution in [0.5, 0.6) is 0 Å². The molecule has 1 atom stereocenters. The van der Waals surface area contributed by atoms with Gasteiger partial charge in [-0.3, -0.25) is 4.90 Å². The lowest BCUT2D eigenvalue weighted by Crippen LogP contribution is -2.39. The van der Waals surface area contributed by atoms with E-state index in [2.05, 4.69) is 17.0 Å². The first-order valence-corrected chi connectivity index (χ1v) is 7.36. The van der Waals surface area contributed by atoms with E-state index in [9.17, 15) is 0 Å². The molecule has 1 aliphatic heterocycles. The Morgan fingerprint density at radius 2 is 2.00 bits per heavy atom. The lowest BCUT2D eigenvalue weighted by molar-refractivity contribution is 0.131. The van der Waals surface area contributed by atoms with Crippen molar-refractivity contribution in [1.29, 1.82) is 0 Å². The van der Waals surface area contributed by atoms with Gasteiger partial charge in [0.1, 0.15) is 0 Å². The van der Waals surface area contributed by atoms with Crippen LogP contribution in [-0.4, -0.2) is 24.0 Å². The molecule has 0 amide bonds. The van der Waals surface area contributed by atoms with E-state index < -0.39 is 0 Å². The van der Waals surface area contributed by atoms with Crippen molar-refractivity contribution in [3.63, 3.8) is 0 Å². The Labute approximate surface area is 115 Å². The van der Waals surface area contributed by atoms with Gasteiger partial charge in [0.25, 0.3) is 0 Å². The topological polar surface area (TPSA) is 29.3 Å². The van der Waals surface area contributed by atoms with Gasteiger partial charge < -0.3 is 5.73 Å². The summed E-state index contributed by atoms with van der Waals surface area (Å²) in [6.07, 6.45) is 6.40. The van der Waals surface area contributed by atoms with Gasteiger partial charge in [0.15, 0.2) is 0 Å². The molecule has 1 saturated heterocycles. The summed E-state index contributed by atoms with van der Waals surface area (Å²) in [5, 5.41) is 0.817. The first-order valence-electron chi connectivity index (χ1n) is 6.98. The van der Waals surface area contributed by atoms with Gasteiger partial charge in [-0.05, 0) is 56.5 Å². The standard InChI is InChI=1S/C15H23ClN2/c16-14-8-6-13(7-9-14)12-18-11-2-1-4-15(18)5-3-10-17/h6-9,15H,1-5,10-12,17H2. The molecular weight excluding hydrogens is 244 g/mol. The maximum Gasteiger partial charge on any atom is 0.0406 e. The zero-order valence-electron chi connectivity index (χ0n) is 10.9. The molecule has 2 rings (SSSR count). The van der Waals surface area contributed by atoms with Crippen LogP contribution in [0.25, 0.3) is 0 Å². The second kappa shape index (κ2) is 7.13. The molecule has 0 aliphatic carbocycles. The lowest BCUT2D eigenvalue weighted by atomic mass is 9.97. The molecule has 1 unspecified atom stereocenters. The number of nitrogens with two attached hydrogens (primary N) is 1. The molecule has 1 fully saturated rings. The van der Waals surface area contributed by atoms with E-state index in [4.69, 9.17) is 17.3 Å². The first kappa shape index (κ1) is 13.9. The smallest absolute Gasteiger partial charge is 0.0406 e. The van der Waals surface area contributed by atoms with Gasteiger partial charge in [-0.2, -0.15) is 0 Å². The summed E-state index contributed by atoms with van der Waals surface area (Å²) in [4.78, 5) is 2.61. The van der Waals surface area contributed by atoms with Crippen molar-refractivity contribution in [2.24, 2.45) is 5.73 Å². The fourth-order valence-electron chi connectivity index (χ4n) is 2.77. The van der Waals surface area contributed by atoms with E-state index in [0.29, 0.717) is 0 Å². The highest BCUT2D eigenvalue weighted by Crippen LogP contribution is 2.23. The van der Waals surface area contributed by atoms with Gasteiger partial charge in [-0.1, -0.05) is 30.2 Å². The fraction of sp³-hybridized carbons (Fsp3) is 0.600. The lowest BCUT2D eigenvalue weighted by Gasteiger charge is -2.36. The van der Waals surface area contributed by atoms with Gasteiger partial charge in [-0.25, -0.2) is 0 Å². The fourth-order valence-corrected chi connectivity index (χ4v) is 2.90. The van der Waals surface area contributed by atoms with Crippen LogP contribution in [0.4, 0.5) is 0 Å². The van der Waals surface area contributed by atoms with Gasteiger partial charge in [0.05, 0.1) is 0 Å². The van der Waals surface area contributed by atoms with E-state index in [1.807, 2.05) is 12.1 Å². The monoisotopic (exact) mass is 266 g/mol. The number of benzene rings is 1. The van der Waals surface area contributed by atoms with Crippen molar-refractivity contribution in [1.82, 2.24) is 4.90 Å². The van der Waals surface area contributed by atoms with Crippen molar-refractivity contribution in [3.05, 3.63) is 34.9 Å². The minimum Gasteiger partial charge on any atom is -0.330 e. The third-order valence-electron chi connectivity index (χ3n) is 3.79. The van der Waals surface area contributed by atoms with Gasteiger partial charge in [0, 0.05) is 17.6 Å². The Bertz CT molecular complexity index is 350. The molecule has 0 aromatic heterocycles. The Morgan fingerprint density at radius 3 is 2.72 bits per heavy atom. The van der Waals surface area contributed by atoms with E-state index in [1.54, 1.807) is 0 Å². The summed E-state index contributed by atoms with van der Waals surface area (Å²) in [6.45, 7) is 3.08. The zero-order chi connectivity index (χ0) is 12.8. The summed E-state index contributed by atoms with van der Waals surface area (Å²) in [5.41, 5.74) is 6.99. The number of rotatable bonds is 5. The van der Waals surface area contributed by atoms with Crippen LogP contribution in [0.1, 0.15) is 37.7 Å². The molecule has 0 radical (unpaired) electrons. The molecule has 1 aromatic rings. The number of piperidine rings is 1. The van der Waals surface area contributed by atoms with Crippen molar-refractivity contribution in [2.75, 3.05) is 13.1 Å². The summed E-state index contributed by atoms with van der Waals surface area (Å²) >= 11 is 5.92. The number of likely N-dealkylation sites (tertiary alicyclic amines) is 1. The summed E-state index contributed by atoms with van der Waals surface area (Å²) in [5.74, 6) is 0. The predicted molar refractivity (Wildman–Crippen MR) is 77.8 cm³/mol. The Balaban J connectivity index is 1.94. The van der Waals surface area contributed by atoms with Crippen molar-refractivity contribution in [3.8, 4) is 0 Å². The minimum absolute atomic E-state index is 0.720. The largest absolute Gasteiger partial charge is 0.330 e. The third kappa shape index (κ3) is 3.98. The average molecular weight is 267 g/mol. The minimum atomic E-state index is 0.720. The molecular formula is C15H23ClN2. The van der Waals surface area contributed by atoms with Crippen LogP contribution < -0.4 is 5.73 Å². The van der Waals surface area contributed by atoms with Crippen molar-refractivity contribution in [2.45, 2.75) is 44.7 Å². The molecule has 0 bridgehead atoms. The Hall–Kier alpha value is -0.570. The van der Waals surface area contributed by atoms with Crippen LogP contribution in [0.15, 0.2) is 24.3 Å². The molecule has 1 aliphatic rings. The quantitative estimate of drug-likeness (QED) is 0.885. The normalized spacial score (nSPS) is 21.1. The number of nitrogens with zero attached hydrogens (tertiary/aromatic N) is 1. The summed E-state index contributed by atoms with van der Waals surface area (Å²) in [6, 6.07) is 8.96. The molecule has 1 aromatic carbocycles. The van der Waals surface area contributed by atoms with Crippen LogP contribution >= 0.6 is 11.6 Å². The highest BCUT2D eigenvalue weighted by Gasteiger charge is 2.21. The van der Waals surface area contributed by atoms with Crippen molar-refractivity contribution < 1.29 is 0 Å². The molecule has 100 valence electrons. The maximum atomic E-state index is 5.92. The SMILES string of the molecule is NCCCC1CCCCN1Cc1ccc(Cl)cc1. The Morgan fingerprint density at radius 1 is 1.22 bits per heavy atom. The molecule has 3 heteroatoms. The molecule has 0 saturated carbocycles. The Kier molecular flexibility index (Phi) is 5.48. The zero-order valence-corrected chi connectivity index (χ0v) is 11.7. The summed E-state index contributed by atoms with van der Waals surface area (Å²) in [7, 11) is 0. The van der Waals surface area contributed by atoms with Gasteiger partial charge in [0.2, 0.25) is 0 Å². The second-order valence-corrected chi connectivity index (χ2v) is 5.61. The molecule has 18 heavy (non-hydrogen) atoms. The second-order valence-electron chi connectivity index (χ2n) is 5.18. The number of hydrogen-bond acceptors (Lipinski definition) is 2. The van der Waals surface area contributed by atoms with E-state index >= 15 is 0 Å². The molecule has 2 N–H and O–H groups in total. The van der Waals surface area contributed by atoms with Crippen LogP contribution in [-0.2, 0) is 6.54 Å². The maximum absolute atomic E-state index is 5.92. The summed E-state index contributed by atoms with van der Waals surface area (Å²) < 4.78 is 0. The third-order valence-corrected chi connectivity index (χ3v) is 4.04. The van der Waals surface area contributed by atoms with E-state index in [1.165, 1.54) is 37.8 Å². The first-order chi connectivity index (χ1) is 8.79. The van der Waals surface area contributed by atoms with E-state index in [0.717, 1.165) is 30.6 Å². The molecule has 1 heterocycles. The van der Waals surface area contributed by atoms with Crippen molar-refractivity contribution >= 4 is 11.6 Å². The molecule has 2 nitrogen and oxygen atoms in total. The average Bonchev–Trinajstić information content (AvgIpc) is 2.40. The van der Waals surface area contributed by atoms with Gasteiger partial charge in [-0.15, -0.1) is 0 Å². The van der Waals surface area contributed by atoms with E-state index in [-0.39, 0.29) is 0 Å². The highest BCUT2D eigenvalue weighted by atomic mass is 35.5.